The van der Waals surface area contributed by atoms with E-state index in [1.807, 2.05) is 0 Å². The number of guanidine groups is 1. The predicted molar refractivity (Wildman–Crippen MR) is 116 cm³/mol. The van der Waals surface area contributed by atoms with Gasteiger partial charge in [0, 0.05) is 46.4 Å². The van der Waals surface area contributed by atoms with E-state index < -0.39 is 4.92 Å². The third-order valence-electron chi connectivity index (χ3n) is 4.85. The van der Waals surface area contributed by atoms with Gasteiger partial charge in [-0.2, -0.15) is 0 Å². The predicted octanol–water partition coefficient (Wildman–Crippen LogP) is 2.53. The summed E-state index contributed by atoms with van der Waals surface area (Å²) in [6.07, 6.45) is 3.90. The monoisotopic (exact) mass is 489 g/mol. The molecule has 1 amide bonds. The Morgan fingerprint density at radius 2 is 1.81 bits per heavy atom. The Morgan fingerprint density at radius 1 is 1.22 bits per heavy atom. The SMILES string of the molecule is CN=C(NCc1ccc([N+](=O)[O-])cc1)NCC1(C(=O)N(C)C)CCCC1.I. The number of non-ortho nitro benzene ring substituents is 1. The minimum atomic E-state index is -0.416. The van der Waals surface area contributed by atoms with Crippen LogP contribution in [0.25, 0.3) is 0 Å². The molecule has 27 heavy (non-hydrogen) atoms. The summed E-state index contributed by atoms with van der Waals surface area (Å²) in [5.41, 5.74) is 0.620. The molecule has 2 rings (SSSR count). The maximum atomic E-state index is 12.6. The fourth-order valence-corrected chi connectivity index (χ4v) is 3.39. The van der Waals surface area contributed by atoms with Gasteiger partial charge in [-0.05, 0) is 18.4 Å². The van der Waals surface area contributed by atoms with Gasteiger partial charge < -0.3 is 15.5 Å². The molecule has 9 heteroatoms. The highest BCUT2D eigenvalue weighted by atomic mass is 127. The molecule has 1 aliphatic carbocycles. The molecule has 0 unspecified atom stereocenters. The second kappa shape index (κ2) is 10.4. The number of benzene rings is 1. The number of rotatable bonds is 6. The van der Waals surface area contributed by atoms with Crippen molar-refractivity contribution in [2.45, 2.75) is 32.2 Å². The van der Waals surface area contributed by atoms with Gasteiger partial charge in [0.1, 0.15) is 0 Å². The normalized spacial score (nSPS) is 15.6. The average molecular weight is 489 g/mol. The summed E-state index contributed by atoms with van der Waals surface area (Å²) in [6, 6.07) is 6.39. The molecule has 1 saturated carbocycles. The molecule has 0 spiro atoms. The van der Waals surface area contributed by atoms with Crippen molar-refractivity contribution >= 4 is 41.5 Å². The van der Waals surface area contributed by atoms with Gasteiger partial charge in [-0.25, -0.2) is 0 Å². The molecule has 1 aromatic rings. The number of hydrogen-bond acceptors (Lipinski definition) is 4. The van der Waals surface area contributed by atoms with Crippen LogP contribution in [0.1, 0.15) is 31.2 Å². The molecule has 0 bridgehead atoms. The second-order valence-corrected chi connectivity index (χ2v) is 6.89. The molecule has 1 fully saturated rings. The summed E-state index contributed by atoms with van der Waals surface area (Å²) in [4.78, 5) is 28.8. The Labute approximate surface area is 177 Å². The van der Waals surface area contributed by atoms with Crippen LogP contribution in [0.4, 0.5) is 5.69 Å². The molecular formula is C18H28IN5O3. The van der Waals surface area contributed by atoms with E-state index in [9.17, 15) is 14.9 Å². The summed E-state index contributed by atoms with van der Waals surface area (Å²) >= 11 is 0. The van der Waals surface area contributed by atoms with Gasteiger partial charge in [0.05, 0.1) is 10.3 Å². The van der Waals surface area contributed by atoms with Crippen LogP contribution in [0, 0.1) is 15.5 Å². The number of carbonyl (C=O) groups is 1. The fraction of sp³-hybridized carbons (Fsp3) is 0.556. The summed E-state index contributed by atoms with van der Waals surface area (Å²) in [5, 5.41) is 17.2. The number of carbonyl (C=O) groups excluding carboxylic acids is 1. The van der Waals surface area contributed by atoms with Crippen LogP contribution < -0.4 is 10.6 Å². The van der Waals surface area contributed by atoms with Crippen molar-refractivity contribution in [1.82, 2.24) is 15.5 Å². The van der Waals surface area contributed by atoms with E-state index in [4.69, 9.17) is 0 Å². The number of nitrogens with zero attached hydrogens (tertiary/aromatic N) is 3. The van der Waals surface area contributed by atoms with E-state index in [0.717, 1.165) is 31.2 Å². The number of halogens is 1. The van der Waals surface area contributed by atoms with Crippen LogP contribution in [0.3, 0.4) is 0 Å². The Hall–Kier alpha value is -1.91. The average Bonchev–Trinajstić information content (AvgIpc) is 3.11. The number of nitrogens with one attached hydrogen (secondary N) is 2. The standard InChI is InChI=1S/C18H27N5O3.HI/c1-19-17(20-12-14-6-8-15(9-7-14)23(25)26)21-13-18(10-4-5-11-18)16(24)22(2)3;/h6-9H,4-5,10-13H2,1-3H3,(H2,19,20,21);1H. The van der Waals surface area contributed by atoms with Crippen LogP contribution in [0.15, 0.2) is 29.3 Å². The molecule has 0 radical (unpaired) electrons. The number of aliphatic imine (C=N–C) groups is 1. The molecule has 1 aromatic carbocycles. The summed E-state index contributed by atoms with van der Waals surface area (Å²) in [5.74, 6) is 0.773. The van der Waals surface area contributed by atoms with Crippen molar-refractivity contribution in [2.75, 3.05) is 27.7 Å². The Balaban J connectivity index is 0.00000364. The maximum absolute atomic E-state index is 12.6. The molecule has 0 aliphatic heterocycles. The van der Waals surface area contributed by atoms with Gasteiger partial charge in [0.25, 0.3) is 5.69 Å². The van der Waals surface area contributed by atoms with E-state index in [2.05, 4.69) is 15.6 Å². The quantitative estimate of drug-likeness (QED) is 0.210. The van der Waals surface area contributed by atoms with Gasteiger partial charge in [-0.15, -0.1) is 24.0 Å². The lowest BCUT2D eigenvalue weighted by molar-refractivity contribution is -0.384. The Bertz CT molecular complexity index is 670. The van der Waals surface area contributed by atoms with Crippen molar-refractivity contribution < 1.29 is 9.72 Å². The van der Waals surface area contributed by atoms with Crippen molar-refractivity contribution in [3.8, 4) is 0 Å². The molecule has 2 N–H and O–H groups in total. The smallest absolute Gasteiger partial charge is 0.269 e. The van der Waals surface area contributed by atoms with E-state index >= 15 is 0 Å². The van der Waals surface area contributed by atoms with Crippen LogP contribution in [-0.4, -0.2) is 49.4 Å². The van der Waals surface area contributed by atoms with Gasteiger partial charge in [-0.3, -0.25) is 19.9 Å². The van der Waals surface area contributed by atoms with Crippen LogP contribution in [0.2, 0.25) is 0 Å². The molecule has 0 saturated heterocycles. The number of nitro benzene ring substituents is 1. The largest absolute Gasteiger partial charge is 0.355 e. The zero-order chi connectivity index (χ0) is 19.2. The van der Waals surface area contributed by atoms with E-state index in [1.165, 1.54) is 12.1 Å². The molecule has 0 aromatic heterocycles. The van der Waals surface area contributed by atoms with Crippen LogP contribution in [-0.2, 0) is 11.3 Å². The lowest BCUT2D eigenvalue weighted by atomic mass is 9.84. The lowest BCUT2D eigenvalue weighted by Crippen LogP contribution is -2.49. The lowest BCUT2D eigenvalue weighted by Gasteiger charge is -2.31. The third-order valence-corrected chi connectivity index (χ3v) is 4.85. The number of nitro groups is 1. The van der Waals surface area contributed by atoms with Gasteiger partial charge in [-0.1, -0.05) is 25.0 Å². The van der Waals surface area contributed by atoms with E-state index in [0.29, 0.717) is 19.0 Å². The zero-order valence-electron chi connectivity index (χ0n) is 16.0. The van der Waals surface area contributed by atoms with Gasteiger partial charge in [0.2, 0.25) is 5.91 Å². The molecule has 0 heterocycles. The third kappa shape index (κ3) is 6.05. The first-order valence-electron chi connectivity index (χ1n) is 8.77. The van der Waals surface area contributed by atoms with E-state index in [1.54, 1.807) is 38.2 Å². The molecular weight excluding hydrogens is 461 g/mol. The minimum Gasteiger partial charge on any atom is -0.355 e. The van der Waals surface area contributed by atoms with Crippen LogP contribution >= 0.6 is 24.0 Å². The topological polar surface area (TPSA) is 99.9 Å². The Morgan fingerprint density at radius 3 is 2.30 bits per heavy atom. The fourth-order valence-electron chi connectivity index (χ4n) is 3.39. The van der Waals surface area contributed by atoms with Gasteiger partial charge >= 0.3 is 0 Å². The molecule has 150 valence electrons. The highest BCUT2D eigenvalue weighted by Crippen LogP contribution is 2.38. The number of amides is 1. The second-order valence-electron chi connectivity index (χ2n) is 6.89. The summed E-state index contributed by atoms with van der Waals surface area (Å²) in [6.45, 7) is 1.04. The Kier molecular flexibility index (Phi) is 8.94. The number of hydrogen-bond donors (Lipinski definition) is 2. The zero-order valence-corrected chi connectivity index (χ0v) is 18.4. The minimum absolute atomic E-state index is 0. The first-order chi connectivity index (χ1) is 12.4. The highest BCUT2D eigenvalue weighted by molar-refractivity contribution is 14.0. The van der Waals surface area contributed by atoms with Crippen molar-refractivity contribution in [3.63, 3.8) is 0 Å². The summed E-state index contributed by atoms with van der Waals surface area (Å²) in [7, 11) is 5.27. The van der Waals surface area contributed by atoms with E-state index in [-0.39, 0.29) is 41.0 Å². The molecule has 1 aliphatic rings. The van der Waals surface area contributed by atoms with Crippen molar-refractivity contribution in [2.24, 2.45) is 10.4 Å². The summed E-state index contributed by atoms with van der Waals surface area (Å²) < 4.78 is 0. The van der Waals surface area contributed by atoms with Gasteiger partial charge in [0.15, 0.2) is 5.96 Å². The van der Waals surface area contributed by atoms with Crippen LogP contribution in [0.5, 0.6) is 0 Å². The maximum Gasteiger partial charge on any atom is 0.269 e. The first kappa shape index (κ1) is 23.1. The molecule has 0 atom stereocenters. The highest BCUT2D eigenvalue weighted by Gasteiger charge is 2.42. The molecule has 8 nitrogen and oxygen atoms in total. The van der Waals surface area contributed by atoms with Crippen molar-refractivity contribution in [3.05, 3.63) is 39.9 Å². The van der Waals surface area contributed by atoms with Crippen molar-refractivity contribution in [1.29, 1.82) is 0 Å². The first-order valence-corrected chi connectivity index (χ1v) is 8.77.